The number of carbonyl (C=O) groups is 1. The Hall–Kier alpha value is -2.77. The van der Waals surface area contributed by atoms with Crippen molar-refractivity contribution >= 4 is 5.97 Å². The summed E-state index contributed by atoms with van der Waals surface area (Å²) in [4.78, 5) is 12.6. The van der Waals surface area contributed by atoms with Crippen molar-refractivity contribution < 1.29 is 52.9 Å². The molecule has 0 fully saturated rings. The van der Waals surface area contributed by atoms with Crippen molar-refractivity contribution in [3.05, 3.63) is 57.6 Å². The summed E-state index contributed by atoms with van der Waals surface area (Å²) >= 11 is 0. The van der Waals surface area contributed by atoms with Crippen molar-refractivity contribution in [3.8, 4) is 11.5 Å². The normalized spacial score (nSPS) is 12.4. The van der Waals surface area contributed by atoms with Crippen LogP contribution in [0, 0.1) is 0 Å². The molecule has 0 saturated carbocycles. The molecule has 0 saturated heterocycles. The molecule has 0 bridgehead atoms. The Balaban J connectivity index is 1.72. The third-order valence-corrected chi connectivity index (χ3v) is 8.70. The van der Waals surface area contributed by atoms with E-state index >= 15 is 0 Å². The molecule has 0 unspecified atom stereocenters. The fraction of sp³-hybridized carbons (Fsp3) is 0.698. The van der Waals surface area contributed by atoms with E-state index in [1.54, 1.807) is 7.11 Å². The van der Waals surface area contributed by atoms with Gasteiger partial charge in [-0.15, -0.1) is 0 Å². The highest BCUT2D eigenvalue weighted by molar-refractivity contribution is 5.69. The van der Waals surface area contributed by atoms with Crippen LogP contribution in [0.2, 0.25) is 0 Å². The van der Waals surface area contributed by atoms with Crippen LogP contribution in [0.3, 0.4) is 0 Å². The second-order valence-corrected chi connectivity index (χ2v) is 16.5. The van der Waals surface area contributed by atoms with Gasteiger partial charge in [-0.2, -0.15) is 0 Å². The molecule has 0 spiro atoms. The molecule has 2 aromatic rings. The minimum Gasteiger partial charge on any atom is -0.507 e. The quantitative estimate of drug-likeness (QED) is 0.0775. The van der Waals surface area contributed by atoms with E-state index in [1.807, 2.05) is 12.1 Å². The van der Waals surface area contributed by atoms with Crippen LogP contribution in [0.1, 0.15) is 102 Å². The molecule has 0 heterocycles. The van der Waals surface area contributed by atoms with Crippen LogP contribution in [0.4, 0.5) is 0 Å². The standard InChI is InChI=1S/C43H70O11/c1-41(2,3)35-30-34(40(46)37(31-35)43(7,8)9)29-33-27-32(28-36(39(33)45)42(4,5)6)11-12-38(44)54-26-25-53-24-23-52-22-21-51-20-19-50-18-17-49-16-15-48-14-13-47-10/h27-28,30-31,45-46H,11-26,29H2,1-10H3. The third-order valence-electron chi connectivity index (χ3n) is 8.70. The summed E-state index contributed by atoms with van der Waals surface area (Å²) in [5.41, 5.74) is 4.52. The van der Waals surface area contributed by atoms with Crippen molar-refractivity contribution in [1.29, 1.82) is 0 Å². The van der Waals surface area contributed by atoms with Crippen LogP contribution >= 0.6 is 0 Å². The molecule has 0 aromatic heterocycles. The fourth-order valence-corrected chi connectivity index (χ4v) is 5.53. The number of rotatable bonds is 26. The first-order chi connectivity index (χ1) is 25.4. The largest absolute Gasteiger partial charge is 0.507 e. The zero-order valence-corrected chi connectivity index (χ0v) is 34.9. The molecule has 11 nitrogen and oxygen atoms in total. The Bertz CT molecular complexity index is 1370. The van der Waals surface area contributed by atoms with Gasteiger partial charge < -0.3 is 48.1 Å². The van der Waals surface area contributed by atoms with E-state index in [-0.39, 0.29) is 53.3 Å². The first-order valence-corrected chi connectivity index (χ1v) is 19.3. The maximum atomic E-state index is 12.6. The van der Waals surface area contributed by atoms with Crippen LogP contribution in [-0.4, -0.2) is 116 Å². The molecular weight excluding hydrogens is 692 g/mol. The van der Waals surface area contributed by atoms with Crippen molar-refractivity contribution in [2.45, 2.75) is 97.8 Å². The number of hydrogen-bond acceptors (Lipinski definition) is 11. The predicted molar refractivity (Wildman–Crippen MR) is 211 cm³/mol. The number of phenols is 2. The second-order valence-electron chi connectivity index (χ2n) is 16.5. The van der Waals surface area contributed by atoms with Gasteiger partial charge in [0.25, 0.3) is 0 Å². The number of hydrogen-bond donors (Lipinski definition) is 2. The maximum Gasteiger partial charge on any atom is 0.306 e. The van der Waals surface area contributed by atoms with E-state index < -0.39 is 0 Å². The van der Waals surface area contributed by atoms with Crippen molar-refractivity contribution in [2.75, 3.05) is 99.6 Å². The number of aryl methyl sites for hydroxylation is 1. The van der Waals surface area contributed by atoms with E-state index in [0.29, 0.717) is 92.1 Å². The number of phenolic OH excluding ortho intramolecular Hbond substituents is 2. The van der Waals surface area contributed by atoms with E-state index in [9.17, 15) is 15.0 Å². The Labute approximate surface area is 324 Å². The number of benzene rings is 2. The van der Waals surface area contributed by atoms with Crippen LogP contribution < -0.4 is 0 Å². The van der Waals surface area contributed by atoms with E-state index in [1.165, 1.54) is 0 Å². The lowest BCUT2D eigenvalue weighted by molar-refractivity contribution is -0.145. The van der Waals surface area contributed by atoms with Crippen LogP contribution in [0.5, 0.6) is 11.5 Å². The van der Waals surface area contributed by atoms with Crippen molar-refractivity contribution in [2.24, 2.45) is 0 Å². The summed E-state index contributed by atoms with van der Waals surface area (Å²) in [5.74, 6) is 0.167. The van der Waals surface area contributed by atoms with Crippen molar-refractivity contribution in [1.82, 2.24) is 0 Å². The minimum absolute atomic E-state index is 0.119. The molecule has 0 aliphatic heterocycles. The Kier molecular flexibility index (Phi) is 21.1. The third kappa shape index (κ3) is 18.2. The number of methoxy groups -OCH3 is 1. The van der Waals surface area contributed by atoms with Gasteiger partial charge in [0.1, 0.15) is 18.1 Å². The van der Waals surface area contributed by atoms with Crippen LogP contribution in [0.15, 0.2) is 24.3 Å². The van der Waals surface area contributed by atoms with Gasteiger partial charge in [0.05, 0.1) is 85.9 Å². The molecular formula is C43H70O11. The van der Waals surface area contributed by atoms with Crippen LogP contribution in [-0.2, 0) is 71.8 Å². The highest BCUT2D eigenvalue weighted by atomic mass is 16.6. The second kappa shape index (κ2) is 24.0. The van der Waals surface area contributed by atoms with Gasteiger partial charge in [0.2, 0.25) is 0 Å². The van der Waals surface area contributed by atoms with Gasteiger partial charge in [-0.3, -0.25) is 4.79 Å². The zero-order chi connectivity index (χ0) is 40.2. The van der Waals surface area contributed by atoms with Gasteiger partial charge in [0.15, 0.2) is 0 Å². The smallest absolute Gasteiger partial charge is 0.306 e. The number of esters is 1. The summed E-state index contributed by atoms with van der Waals surface area (Å²) in [6, 6.07) is 8.07. The summed E-state index contributed by atoms with van der Waals surface area (Å²) in [5, 5.41) is 22.9. The number of aromatic hydroxyl groups is 2. The molecule has 308 valence electrons. The molecule has 2 N–H and O–H groups in total. The fourth-order valence-electron chi connectivity index (χ4n) is 5.53. The molecule has 0 radical (unpaired) electrons. The minimum atomic E-state index is -0.332. The summed E-state index contributed by atoms with van der Waals surface area (Å²) in [6.07, 6.45) is 1.01. The highest BCUT2D eigenvalue weighted by Gasteiger charge is 2.27. The lowest BCUT2D eigenvalue weighted by Crippen LogP contribution is -2.18. The average molecular weight is 763 g/mol. The molecule has 2 rings (SSSR count). The zero-order valence-electron chi connectivity index (χ0n) is 34.9. The molecule has 0 amide bonds. The number of carbonyl (C=O) groups excluding carboxylic acids is 1. The van der Waals surface area contributed by atoms with Crippen LogP contribution in [0.25, 0.3) is 0 Å². The Morgan fingerprint density at radius 3 is 1.31 bits per heavy atom. The summed E-state index contributed by atoms with van der Waals surface area (Å²) in [7, 11) is 1.64. The SMILES string of the molecule is COCCOCCOCCOCCOCCOCCOCCOC(=O)CCc1cc(Cc2cc(C(C)(C)C)cc(C(C)(C)C)c2O)c(O)c(C(C)(C)C)c1. The molecule has 54 heavy (non-hydrogen) atoms. The van der Waals surface area contributed by atoms with Gasteiger partial charge in [-0.25, -0.2) is 0 Å². The van der Waals surface area contributed by atoms with Gasteiger partial charge in [-0.05, 0) is 56.0 Å². The maximum absolute atomic E-state index is 12.6. The molecule has 0 aliphatic rings. The van der Waals surface area contributed by atoms with Gasteiger partial charge in [-0.1, -0.05) is 86.6 Å². The highest BCUT2D eigenvalue weighted by Crippen LogP contribution is 2.41. The molecule has 11 heteroatoms. The predicted octanol–water partition coefficient (Wildman–Crippen LogP) is 6.80. The van der Waals surface area contributed by atoms with E-state index in [2.05, 4.69) is 74.4 Å². The lowest BCUT2D eigenvalue weighted by Gasteiger charge is -2.28. The molecule has 0 aliphatic carbocycles. The first-order valence-electron chi connectivity index (χ1n) is 19.3. The van der Waals surface area contributed by atoms with E-state index in [4.69, 9.17) is 37.9 Å². The topological polar surface area (TPSA) is 131 Å². The molecule has 2 aromatic carbocycles. The van der Waals surface area contributed by atoms with Crippen molar-refractivity contribution in [3.63, 3.8) is 0 Å². The van der Waals surface area contributed by atoms with Gasteiger partial charge in [0, 0.05) is 20.0 Å². The number of ether oxygens (including phenoxy) is 8. The first kappa shape index (κ1) is 47.4. The Morgan fingerprint density at radius 2 is 0.907 bits per heavy atom. The summed E-state index contributed by atoms with van der Waals surface area (Å²) < 4.78 is 43.1. The lowest BCUT2D eigenvalue weighted by atomic mass is 9.78. The Morgan fingerprint density at radius 1 is 0.519 bits per heavy atom. The van der Waals surface area contributed by atoms with E-state index in [0.717, 1.165) is 33.4 Å². The monoisotopic (exact) mass is 762 g/mol. The average Bonchev–Trinajstić information content (AvgIpc) is 3.08. The molecule has 0 atom stereocenters. The summed E-state index contributed by atoms with van der Waals surface area (Å²) in [6.45, 7) is 25.2. The van der Waals surface area contributed by atoms with Gasteiger partial charge >= 0.3 is 5.97 Å².